The van der Waals surface area contributed by atoms with Crippen molar-refractivity contribution in [2.45, 2.75) is 13.0 Å². The molecule has 6 heteroatoms. The summed E-state index contributed by atoms with van der Waals surface area (Å²) in [5.74, 6) is -0.0158. The summed E-state index contributed by atoms with van der Waals surface area (Å²) >= 11 is 7.48. The maximum absolute atomic E-state index is 12.3. The van der Waals surface area contributed by atoms with Crippen molar-refractivity contribution in [3.63, 3.8) is 0 Å². The summed E-state index contributed by atoms with van der Waals surface area (Å²) in [5, 5.41) is 3.62. The lowest BCUT2D eigenvalue weighted by Crippen LogP contribution is -2.41. The van der Waals surface area contributed by atoms with Gasteiger partial charge in [0.1, 0.15) is 6.10 Å². The van der Waals surface area contributed by atoms with Crippen LogP contribution in [0.15, 0.2) is 35.7 Å². The molecular formula is C17H17ClN2O2S. The highest BCUT2D eigenvalue weighted by Crippen LogP contribution is 2.24. The van der Waals surface area contributed by atoms with Gasteiger partial charge in [-0.2, -0.15) is 0 Å². The molecule has 0 N–H and O–H groups in total. The minimum atomic E-state index is -0.111. The molecule has 4 nitrogen and oxygen atoms in total. The van der Waals surface area contributed by atoms with Gasteiger partial charge in [0.15, 0.2) is 0 Å². The highest BCUT2D eigenvalue weighted by Gasteiger charge is 2.24. The Morgan fingerprint density at radius 3 is 2.91 bits per heavy atom. The second-order valence-corrected chi connectivity index (χ2v) is 6.82. The van der Waals surface area contributed by atoms with Crippen LogP contribution in [-0.2, 0) is 9.53 Å². The molecule has 1 aliphatic rings. The molecule has 3 rings (SSSR count). The molecule has 0 saturated carbocycles. The first-order valence-corrected chi connectivity index (χ1v) is 8.64. The Hall–Kier alpha value is -1.69. The van der Waals surface area contributed by atoms with E-state index in [2.05, 4.69) is 4.98 Å². The Labute approximate surface area is 144 Å². The van der Waals surface area contributed by atoms with E-state index in [1.807, 2.05) is 36.6 Å². The Morgan fingerprint density at radius 2 is 2.22 bits per heavy atom. The number of morpholine rings is 1. The molecule has 1 fully saturated rings. The van der Waals surface area contributed by atoms with Crippen molar-refractivity contribution in [2.24, 2.45) is 0 Å². The number of ether oxygens (including phenoxy) is 1. The van der Waals surface area contributed by atoms with Crippen molar-refractivity contribution in [1.29, 1.82) is 0 Å². The molecule has 2 aromatic rings. The van der Waals surface area contributed by atoms with Crippen LogP contribution in [0.3, 0.4) is 0 Å². The Bertz CT molecular complexity index is 712. The minimum absolute atomic E-state index is 0.0158. The highest BCUT2D eigenvalue weighted by atomic mass is 35.5. The summed E-state index contributed by atoms with van der Waals surface area (Å²) in [7, 11) is 0. The number of benzene rings is 1. The predicted molar refractivity (Wildman–Crippen MR) is 92.6 cm³/mol. The van der Waals surface area contributed by atoms with Crippen molar-refractivity contribution < 1.29 is 9.53 Å². The molecule has 1 saturated heterocycles. The van der Waals surface area contributed by atoms with Gasteiger partial charge in [-0.3, -0.25) is 4.79 Å². The third-order valence-electron chi connectivity index (χ3n) is 3.65. The Balaban J connectivity index is 1.64. The van der Waals surface area contributed by atoms with Crippen molar-refractivity contribution in [3.8, 4) is 0 Å². The maximum atomic E-state index is 12.3. The monoisotopic (exact) mass is 348 g/mol. The number of rotatable bonds is 3. The van der Waals surface area contributed by atoms with E-state index in [9.17, 15) is 4.79 Å². The number of aryl methyl sites for hydroxylation is 1. The van der Waals surface area contributed by atoms with Gasteiger partial charge in [-0.15, -0.1) is 11.3 Å². The minimum Gasteiger partial charge on any atom is -0.370 e. The van der Waals surface area contributed by atoms with Crippen LogP contribution in [0.4, 0.5) is 0 Å². The lowest BCUT2D eigenvalue weighted by Gasteiger charge is -2.32. The van der Waals surface area contributed by atoms with E-state index < -0.39 is 0 Å². The molecule has 23 heavy (non-hydrogen) atoms. The van der Waals surface area contributed by atoms with Crippen molar-refractivity contribution in [3.05, 3.63) is 57.0 Å². The van der Waals surface area contributed by atoms with Crippen molar-refractivity contribution in [1.82, 2.24) is 9.88 Å². The standard InChI is InChI=1S/C17H17ClN2O2S/c1-12-19-15(11-23-12)6-7-17(21)20-8-9-22-16(10-20)13-2-4-14(18)5-3-13/h2-7,11,16H,8-10H2,1H3/b7-6-/t16-/m1/s1. The van der Waals surface area contributed by atoms with Gasteiger partial charge >= 0.3 is 0 Å². The largest absolute Gasteiger partial charge is 0.370 e. The second kappa shape index (κ2) is 7.25. The third kappa shape index (κ3) is 4.19. The van der Waals surface area contributed by atoms with E-state index in [1.54, 1.807) is 28.4 Å². The van der Waals surface area contributed by atoms with E-state index in [4.69, 9.17) is 16.3 Å². The summed E-state index contributed by atoms with van der Waals surface area (Å²) in [5.41, 5.74) is 1.86. The smallest absolute Gasteiger partial charge is 0.246 e. The molecule has 0 unspecified atom stereocenters. The number of carbonyl (C=O) groups is 1. The number of hydrogen-bond acceptors (Lipinski definition) is 4. The summed E-state index contributed by atoms with van der Waals surface area (Å²) < 4.78 is 5.78. The summed E-state index contributed by atoms with van der Waals surface area (Å²) in [6.07, 6.45) is 3.23. The zero-order chi connectivity index (χ0) is 16.2. The summed E-state index contributed by atoms with van der Waals surface area (Å²) in [6.45, 7) is 3.62. The molecule has 1 aliphatic heterocycles. The third-order valence-corrected chi connectivity index (χ3v) is 4.70. The zero-order valence-electron chi connectivity index (χ0n) is 12.7. The van der Waals surface area contributed by atoms with E-state index in [1.165, 1.54) is 0 Å². The van der Waals surface area contributed by atoms with Gasteiger partial charge < -0.3 is 9.64 Å². The summed E-state index contributed by atoms with van der Waals surface area (Å²) in [6, 6.07) is 7.56. The molecule has 0 spiro atoms. The summed E-state index contributed by atoms with van der Waals surface area (Å²) in [4.78, 5) is 18.5. The molecule has 0 aliphatic carbocycles. The first-order chi connectivity index (χ1) is 11.1. The van der Waals surface area contributed by atoms with Crippen LogP contribution < -0.4 is 0 Å². The van der Waals surface area contributed by atoms with Crippen LogP contribution in [0.1, 0.15) is 22.4 Å². The van der Waals surface area contributed by atoms with E-state index in [-0.39, 0.29) is 12.0 Å². The van der Waals surface area contributed by atoms with Crippen LogP contribution in [0.5, 0.6) is 0 Å². The average molecular weight is 349 g/mol. The van der Waals surface area contributed by atoms with Gasteiger partial charge in [-0.1, -0.05) is 23.7 Å². The number of thiazole rings is 1. The van der Waals surface area contributed by atoms with Crippen LogP contribution in [0.2, 0.25) is 5.02 Å². The van der Waals surface area contributed by atoms with Crippen molar-refractivity contribution in [2.75, 3.05) is 19.7 Å². The fourth-order valence-corrected chi connectivity index (χ4v) is 3.15. The molecule has 2 heterocycles. The molecule has 1 atom stereocenters. The van der Waals surface area contributed by atoms with E-state index in [0.29, 0.717) is 24.7 Å². The number of amides is 1. The molecule has 1 amide bonds. The van der Waals surface area contributed by atoms with Gasteiger partial charge in [0.25, 0.3) is 0 Å². The molecule has 120 valence electrons. The molecule has 0 radical (unpaired) electrons. The maximum Gasteiger partial charge on any atom is 0.246 e. The van der Waals surface area contributed by atoms with Crippen LogP contribution >= 0.6 is 22.9 Å². The molecule has 0 bridgehead atoms. The van der Waals surface area contributed by atoms with E-state index >= 15 is 0 Å². The lowest BCUT2D eigenvalue weighted by atomic mass is 10.1. The second-order valence-electron chi connectivity index (χ2n) is 5.32. The van der Waals surface area contributed by atoms with Crippen LogP contribution in [0, 0.1) is 6.92 Å². The lowest BCUT2D eigenvalue weighted by molar-refractivity contribution is -0.133. The quantitative estimate of drug-likeness (QED) is 0.794. The van der Waals surface area contributed by atoms with Gasteiger partial charge in [-0.25, -0.2) is 4.98 Å². The SMILES string of the molecule is Cc1nc(/C=C\C(=O)N2CCO[C@@H](c3ccc(Cl)cc3)C2)cs1. The predicted octanol–water partition coefficient (Wildman–Crippen LogP) is 3.72. The normalized spacial score (nSPS) is 18.5. The molecular weight excluding hydrogens is 332 g/mol. The van der Waals surface area contributed by atoms with Crippen molar-refractivity contribution >= 4 is 34.9 Å². The molecule has 1 aromatic carbocycles. The number of nitrogens with zero attached hydrogens (tertiary/aromatic N) is 2. The Kier molecular flexibility index (Phi) is 5.10. The number of aromatic nitrogens is 1. The first kappa shape index (κ1) is 16.2. The fraction of sp³-hybridized carbons (Fsp3) is 0.294. The highest BCUT2D eigenvalue weighted by molar-refractivity contribution is 7.09. The van der Waals surface area contributed by atoms with E-state index in [0.717, 1.165) is 16.3 Å². The first-order valence-electron chi connectivity index (χ1n) is 7.38. The number of halogens is 1. The van der Waals surface area contributed by atoms with Gasteiger partial charge in [-0.05, 0) is 30.7 Å². The Morgan fingerprint density at radius 1 is 1.43 bits per heavy atom. The van der Waals surface area contributed by atoms with Gasteiger partial charge in [0.05, 0.1) is 23.9 Å². The molecule has 1 aromatic heterocycles. The van der Waals surface area contributed by atoms with Gasteiger partial charge in [0, 0.05) is 23.0 Å². The number of hydrogen-bond donors (Lipinski definition) is 0. The van der Waals surface area contributed by atoms with Crippen LogP contribution in [0.25, 0.3) is 6.08 Å². The van der Waals surface area contributed by atoms with Gasteiger partial charge in [0.2, 0.25) is 5.91 Å². The zero-order valence-corrected chi connectivity index (χ0v) is 14.3. The number of carbonyl (C=O) groups excluding carboxylic acids is 1. The topological polar surface area (TPSA) is 42.4 Å². The average Bonchev–Trinajstić information content (AvgIpc) is 2.99. The fourth-order valence-electron chi connectivity index (χ4n) is 2.45. The van der Waals surface area contributed by atoms with Crippen LogP contribution in [-0.4, -0.2) is 35.5 Å².